The minimum Gasteiger partial charge on any atom is -0.342 e. The quantitative estimate of drug-likeness (QED) is 0.781. The number of rotatable bonds is 5. The Labute approximate surface area is 170 Å². The van der Waals surface area contributed by atoms with Gasteiger partial charge in [0.15, 0.2) is 5.13 Å². The molecule has 2 aromatic rings. The summed E-state index contributed by atoms with van der Waals surface area (Å²) in [5.41, 5.74) is 1.61. The number of benzene rings is 1. The van der Waals surface area contributed by atoms with Crippen LogP contribution in [0, 0.1) is 5.92 Å². The van der Waals surface area contributed by atoms with Gasteiger partial charge in [-0.05, 0) is 17.5 Å². The highest BCUT2D eigenvalue weighted by atomic mass is 32.2. The summed E-state index contributed by atoms with van der Waals surface area (Å²) in [6.07, 6.45) is 1.61. The Morgan fingerprint density at radius 2 is 2.07 bits per heavy atom. The fourth-order valence-corrected chi connectivity index (χ4v) is 5.49. The second-order valence-corrected chi connectivity index (χ2v) is 9.07. The summed E-state index contributed by atoms with van der Waals surface area (Å²) in [6.45, 7) is 3.74. The number of amides is 3. The monoisotopic (exact) mass is 416 g/mol. The molecule has 2 aliphatic rings. The van der Waals surface area contributed by atoms with Crippen molar-refractivity contribution in [3.63, 3.8) is 0 Å². The molecular weight excluding hydrogens is 396 g/mol. The van der Waals surface area contributed by atoms with E-state index in [4.69, 9.17) is 0 Å². The first-order valence-corrected chi connectivity index (χ1v) is 10.9. The van der Waals surface area contributed by atoms with E-state index >= 15 is 0 Å². The number of nitrogens with one attached hydrogen (secondary N) is 2. The van der Waals surface area contributed by atoms with E-state index in [0.717, 1.165) is 5.56 Å². The molecule has 3 heterocycles. The van der Waals surface area contributed by atoms with Crippen LogP contribution in [-0.4, -0.2) is 45.4 Å². The number of anilines is 1. The van der Waals surface area contributed by atoms with Gasteiger partial charge in [-0.2, -0.15) is 0 Å². The van der Waals surface area contributed by atoms with E-state index in [-0.39, 0.29) is 29.0 Å². The zero-order chi connectivity index (χ0) is 19.8. The molecule has 28 heavy (non-hydrogen) atoms. The van der Waals surface area contributed by atoms with Crippen LogP contribution in [0.2, 0.25) is 0 Å². The molecule has 9 heteroatoms. The number of aromatic nitrogens is 1. The molecule has 1 aromatic carbocycles. The summed E-state index contributed by atoms with van der Waals surface area (Å²) in [5.74, 6) is -0.338. The number of hydrogen-bond donors (Lipinski definition) is 2. The molecule has 3 amide bonds. The normalized spacial score (nSPS) is 21.4. The fraction of sp³-hybridized carbons (Fsp3) is 0.368. The van der Waals surface area contributed by atoms with E-state index in [1.54, 1.807) is 34.3 Å². The van der Waals surface area contributed by atoms with Crippen molar-refractivity contribution < 1.29 is 14.4 Å². The van der Waals surface area contributed by atoms with Crippen LogP contribution in [0.5, 0.6) is 0 Å². The van der Waals surface area contributed by atoms with Gasteiger partial charge in [-0.25, -0.2) is 4.98 Å². The van der Waals surface area contributed by atoms with Crippen molar-refractivity contribution in [2.45, 2.75) is 31.3 Å². The molecule has 2 aliphatic heterocycles. The average molecular weight is 417 g/mol. The topological polar surface area (TPSA) is 91.4 Å². The average Bonchev–Trinajstić information content (AvgIpc) is 3.39. The van der Waals surface area contributed by atoms with Crippen molar-refractivity contribution in [2.24, 2.45) is 5.92 Å². The number of nitrogens with zero attached hydrogens (tertiary/aromatic N) is 2. The summed E-state index contributed by atoms with van der Waals surface area (Å²) >= 11 is 2.90. The lowest BCUT2D eigenvalue weighted by molar-refractivity contribution is -0.129. The van der Waals surface area contributed by atoms with Crippen molar-refractivity contribution in [1.29, 1.82) is 0 Å². The second kappa shape index (κ2) is 7.56. The molecule has 4 rings (SSSR count). The standard InChI is InChI=1S/C19H20N4O3S2/c1-10(2)14(16(25)22-19-20-7-8-27-19)21-15(24)13-9-28-18-12-6-4-3-5-11(12)17(26)23(13)18/h3-8,10,13-14,18H,9H2,1-2H3,(H,21,24)(H,20,22,25). The largest absolute Gasteiger partial charge is 0.342 e. The summed E-state index contributed by atoms with van der Waals surface area (Å²) in [6, 6.07) is 6.16. The zero-order valence-corrected chi connectivity index (χ0v) is 17.0. The molecule has 0 spiro atoms. The van der Waals surface area contributed by atoms with E-state index in [1.807, 2.05) is 32.0 Å². The zero-order valence-electron chi connectivity index (χ0n) is 15.4. The van der Waals surface area contributed by atoms with Gasteiger partial charge >= 0.3 is 0 Å². The van der Waals surface area contributed by atoms with Crippen LogP contribution in [0.3, 0.4) is 0 Å². The lowest BCUT2D eigenvalue weighted by atomic mass is 10.0. The Morgan fingerprint density at radius 3 is 2.79 bits per heavy atom. The highest BCUT2D eigenvalue weighted by Crippen LogP contribution is 2.48. The third-order valence-electron chi connectivity index (χ3n) is 4.90. The van der Waals surface area contributed by atoms with E-state index in [2.05, 4.69) is 15.6 Å². The molecule has 1 fully saturated rings. The van der Waals surface area contributed by atoms with Gasteiger partial charge in [0.05, 0.1) is 0 Å². The van der Waals surface area contributed by atoms with Gasteiger partial charge in [0.2, 0.25) is 11.8 Å². The van der Waals surface area contributed by atoms with E-state index < -0.39 is 12.1 Å². The first-order chi connectivity index (χ1) is 13.5. The van der Waals surface area contributed by atoms with Gasteiger partial charge in [0.1, 0.15) is 17.5 Å². The van der Waals surface area contributed by atoms with Crippen molar-refractivity contribution in [2.75, 3.05) is 11.1 Å². The van der Waals surface area contributed by atoms with Gasteiger partial charge in [-0.1, -0.05) is 32.0 Å². The smallest absolute Gasteiger partial charge is 0.256 e. The number of thioether (sulfide) groups is 1. The van der Waals surface area contributed by atoms with Crippen LogP contribution >= 0.6 is 23.1 Å². The Balaban J connectivity index is 1.48. The molecule has 3 unspecified atom stereocenters. The Hall–Kier alpha value is -2.39. The van der Waals surface area contributed by atoms with Crippen LogP contribution in [-0.2, 0) is 9.59 Å². The van der Waals surface area contributed by atoms with Crippen LogP contribution in [0.15, 0.2) is 35.8 Å². The first-order valence-electron chi connectivity index (χ1n) is 9.01. The predicted octanol–water partition coefficient (Wildman–Crippen LogP) is 2.49. The van der Waals surface area contributed by atoms with Crippen molar-refractivity contribution in [1.82, 2.24) is 15.2 Å². The number of hydrogen-bond acceptors (Lipinski definition) is 6. The van der Waals surface area contributed by atoms with Crippen LogP contribution in [0.25, 0.3) is 0 Å². The molecule has 146 valence electrons. The minimum atomic E-state index is -0.708. The molecule has 2 N–H and O–H groups in total. The maximum atomic E-state index is 13.0. The summed E-state index contributed by atoms with van der Waals surface area (Å²) < 4.78 is 0. The Morgan fingerprint density at radius 1 is 1.29 bits per heavy atom. The molecule has 0 bridgehead atoms. The third kappa shape index (κ3) is 3.29. The van der Waals surface area contributed by atoms with Crippen molar-refractivity contribution in [3.8, 4) is 0 Å². The molecule has 0 radical (unpaired) electrons. The third-order valence-corrected chi connectivity index (χ3v) is 6.90. The first kappa shape index (κ1) is 18.9. The molecule has 1 saturated heterocycles. The maximum absolute atomic E-state index is 13.0. The Bertz CT molecular complexity index is 916. The molecule has 1 aromatic heterocycles. The predicted molar refractivity (Wildman–Crippen MR) is 109 cm³/mol. The molecular formula is C19H20N4O3S2. The molecule has 0 aliphatic carbocycles. The highest BCUT2D eigenvalue weighted by molar-refractivity contribution is 7.99. The fourth-order valence-electron chi connectivity index (χ4n) is 3.49. The summed E-state index contributed by atoms with van der Waals surface area (Å²) in [4.78, 5) is 44.1. The van der Waals surface area contributed by atoms with Crippen LogP contribution in [0.1, 0.15) is 35.1 Å². The van der Waals surface area contributed by atoms with E-state index in [1.165, 1.54) is 11.3 Å². The molecule has 0 saturated carbocycles. The van der Waals surface area contributed by atoms with Gasteiger partial charge in [-0.15, -0.1) is 23.1 Å². The molecule has 7 nitrogen and oxygen atoms in total. The number of fused-ring (bicyclic) bond motifs is 3. The van der Waals surface area contributed by atoms with E-state index in [9.17, 15) is 14.4 Å². The number of thiazole rings is 1. The highest BCUT2D eigenvalue weighted by Gasteiger charge is 2.48. The Kier molecular flexibility index (Phi) is 5.11. The maximum Gasteiger partial charge on any atom is 0.256 e. The lowest BCUT2D eigenvalue weighted by Crippen LogP contribution is -2.53. The van der Waals surface area contributed by atoms with Gasteiger partial charge in [0, 0.05) is 22.9 Å². The van der Waals surface area contributed by atoms with E-state index in [0.29, 0.717) is 16.4 Å². The van der Waals surface area contributed by atoms with Gasteiger partial charge in [0.25, 0.3) is 5.91 Å². The second-order valence-electron chi connectivity index (χ2n) is 7.06. The summed E-state index contributed by atoms with van der Waals surface area (Å²) in [7, 11) is 0. The van der Waals surface area contributed by atoms with Crippen LogP contribution in [0.4, 0.5) is 5.13 Å². The van der Waals surface area contributed by atoms with Crippen LogP contribution < -0.4 is 10.6 Å². The van der Waals surface area contributed by atoms with Gasteiger partial charge < -0.3 is 15.5 Å². The van der Waals surface area contributed by atoms with Crippen molar-refractivity contribution in [3.05, 3.63) is 47.0 Å². The minimum absolute atomic E-state index is 0.111. The number of carbonyl (C=O) groups excluding carboxylic acids is 3. The summed E-state index contributed by atoms with van der Waals surface area (Å²) in [5, 5.41) is 7.71. The molecule has 3 atom stereocenters. The van der Waals surface area contributed by atoms with Gasteiger partial charge in [-0.3, -0.25) is 14.4 Å². The SMILES string of the molecule is CC(C)C(NC(=O)C1CSC2c3ccccc3C(=O)N12)C(=O)Nc1nccs1. The lowest BCUT2D eigenvalue weighted by Gasteiger charge is -2.26. The number of carbonyl (C=O) groups is 3. The van der Waals surface area contributed by atoms with Crippen molar-refractivity contribution >= 4 is 46.0 Å².